The summed E-state index contributed by atoms with van der Waals surface area (Å²) in [6, 6.07) is 16.8. The highest BCUT2D eigenvalue weighted by atomic mass is 16.5. The van der Waals surface area contributed by atoms with Crippen molar-refractivity contribution in [2.45, 2.75) is 18.9 Å². The quantitative estimate of drug-likeness (QED) is 0.707. The fraction of sp³-hybridized carbons (Fsp3) is 0.333. The van der Waals surface area contributed by atoms with Crippen LogP contribution in [-0.2, 0) is 0 Å². The van der Waals surface area contributed by atoms with Gasteiger partial charge in [-0.3, -0.25) is 4.90 Å². The zero-order chi connectivity index (χ0) is 15.9. The van der Waals surface area contributed by atoms with Crippen molar-refractivity contribution in [3.05, 3.63) is 54.8 Å². The second-order valence-corrected chi connectivity index (χ2v) is 6.99. The van der Waals surface area contributed by atoms with Gasteiger partial charge in [0.2, 0.25) is 0 Å². The van der Waals surface area contributed by atoms with Gasteiger partial charge in [-0.25, -0.2) is 0 Å². The molecule has 3 aliphatic heterocycles. The smallest absolute Gasteiger partial charge is 0.133 e. The van der Waals surface area contributed by atoms with E-state index in [1.165, 1.54) is 37.1 Å². The zero-order valence-corrected chi connectivity index (χ0v) is 13.7. The van der Waals surface area contributed by atoms with Gasteiger partial charge in [0.05, 0.1) is 6.26 Å². The van der Waals surface area contributed by atoms with Gasteiger partial charge in [-0.1, -0.05) is 18.2 Å². The maximum absolute atomic E-state index is 6.28. The maximum atomic E-state index is 6.28. The molecule has 122 valence electrons. The average Bonchev–Trinajstić information content (AvgIpc) is 3.11. The largest absolute Gasteiger partial charge is 0.489 e. The number of hydrogen-bond donors (Lipinski definition) is 0. The molecule has 1 aromatic heterocycles. The molecule has 0 radical (unpaired) electrons. The molecule has 0 amide bonds. The lowest BCUT2D eigenvalue weighted by Crippen LogP contribution is -2.52. The summed E-state index contributed by atoms with van der Waals surface area (Å²) >= 11 is 0. The molecule has 6 rings (SSSR count). The molecule has 0 spiro atoms. The number of benzene rings is 2. The Morgan fingerprint density at radius 1 is 0.917 bits per heavy atom. The third-order valence-electron chi connectivity index (χ3n) is 5.52. The van der Waals surface area contributed by atoms with Crippen LogP contribution in [0, 0.1) is 5.92 Å². The summed E-state index contributed by atoms with van der Waals surface area (Å²) in [6.45, 7) is 3.59. The predicted octanol–water partition coefficient (Wildman–Crippen LogP) is 4.57. The van der Waals surface area contributed by atoms with Crippen molar-refractivity contribution < 1.29 is 9.15 Å². The van der Waals surface area contributed by atoms with E-state index in [1.54, 1.807) is 6.26 Å². The van der Waals surface area contributed by atoms with Crippen molar-refractivity contribution in [3.8, 4) is 16.9 Å². The molecule has 2 bridgehead atoms. The van der Waals surface area contributed by atoms with E-state index in [4.69, 9.17) is 9.15 Å². The second-order valence-electron chi connectivity index (χ2n) is 6.99. The third-order valence-corrected chi connectivity index (χ3v) is 5.52. The summed E-state index contributed by atoms with van der Waals surface area (Å²) in [5.41, 5.74) is 3.35. The van der Waals surface area contributed by atoms with Gasteiger partial charge in [-0.05, 0) is 73.3 Å². The molecular weight excluding hydrogens is 298 g/mol. The molecule has 1 atom stereocenters. The van der Waals surface area contributed by atoms with E-state index in [0.29, 0.717) is 6.10 Å². The normalized spacial score (nSPS) is 25.9. The lowest BCUT2D eigenvalue weighted by atomic mass is 9.86. The Bertz CT molecular complexity index is 844. The van der Waals surface area contributed by atoms with Gasteiger partial charge in [0.1, 0.15) is 17.4 Å². The summed E-state index contributed by atoms with van der Waals surface area (Å²) in [6.07, 6.45) is 4.67. The lowest BCUT2D eigenvalue weighted by molar-refractivity contribution is -0.00775. The Hall–Kier alpha value is -2.26. The van der Waals surface area contributed by atoms with Gasteiger partial charge < -0.3 is 9.15 Å². The molecule has 1 unspecified atom stereocenters. The van der Waals surface area contributed by atoms with Gasteiger partial charge in [0, 0.05) is 11.9 Å². The van der Waals surface area contributed by atoms with Crippen molar-refractivity contribution in [2.24, 2.45) is 5.92 Å². The summed E-state index contributed by atoms with van der Waals surface area (Å²) in [4.78, 5) is 2.53. The van der Waals surface area contributed by atoms with Crippen molar-refractivity contribution >= 4 is 11.0 Å². The SMILES string of the molecule is c1cc2cc(-c3ccc(OC4CN5CCC4CC5)cc3)ccc2o1. The molecular formula is C21H21NO2. The Labute approximate surface area is 141 Å². The fourth-order valence-corrected chi connectivity index (χ4v) is 4.09. The van der Waals surface area contributed by atoms with Crippen LogP contribution >= 0.6 is 0 Å². The van der Waals surface area contributed by atoms with Crippen molar-refractivity contribution in [1.82, 2.24) is 4.90 Å². The minimum Gasteiger partial charge on any atom is -0.489 e. The lowest BCUT2D eigenvalue weighted by Gasteiger charge is -2.44. The van der Waals surface area contributed by atoms with Crippen LogP contribution in [0.25, 0.3) is 22.1 Å². The molecule has 0 aliphatic carbocycles. The van der Waals surface area contributed by atoms with E-state index < -0.39 is 0 Å². The average molecular weight is 319 g/mol. The van der Waals surface area contributed by atoms with Crippen LogP contribution in [0.1, 0.15) is 12.8 Å². The first-order valence-electron chi connectivity index (χ1n) is 8.82. The van der Waals surface area contributed by atoms with Gasteiger partial charge in [0.25, 0.3) is 0 Å². The van der Waals surface area contributed by atoms with Gasteiger partial charge in [-0.2, -0.15) is 0 Å². The summed E-state index contributed by atoms with van der Waals surface area (Å²) in [7, 11) is 0. The Kier molecular flexibility index (Phi) is 3.34. The van der Waals surface area contributed by atoms with Gasteiger partial charge in [0.15, 0.2) is 0 Å². The number of rotatable bonds is 3. The van der Waals surface area contributed by atoms with Crippen LogP contribution < -0.4 is 4.74 Å². The molecule has 24 heavy (non-hydrogen) atoms. The van der Waals surface area contributed by atoms with Crippen molar-refractivity contribution in [3.63, 3.8) is 0 Å². The molecule has 3 fully saturated rings. The van der Waals surface area contributed by atoms with Crippen LogP contribution in [0.3, 0.4) is 0 Å². The molecule has 3 nitrogen and oxygen atoms in total. The van der Waals surface area contributed by atoms with Crippen molar-refractivity contribution in [1.29, 1.82) is 0 Å². The number of furan rings is 1. The monoisotopic (exact) mass is 319 g/mol. The molecule has 3 aromatic rings. The van der Waals surface area contributed by atoms with E-state index in [9.17, 15) is 0 Å². The number of nitrogens with zero attached hydrogens (tertiary/aromatic N) is 1. The predicted molar refractivity (Wildman–Crippen MR) is 95.2 cm³/mol. The molecule has 3 heteroatoms. The van der Waals surface area contributed by atoms with Gasteiger partial charge >= 0.3 is 0 Å². The van der Waals surface area contributed by atoms with E-state index >= 15 is 0 Å². The van der Waals surface area contributed by atoms with E-state index in [-0.39, 0.29) is 0 Å². The summed E-state index contributed by atoms with van der Waals surface area (Å²) in [5.74, 6) is 1.72. The first-order chi connectivity index (χ1) is 11.8. The molecule has 0 saturated carbocycles. The number of hydrogen-bond acceptors (Lipinski definition) is 3. The highest BCUT2D eigenvalue weighted by molar-refractivity contribution is 5.83. The number of ether oxygens (including phenoxy) is 1. The van der Waals surface area contributed by atoms with Crippen LogP contribution in [0.4, 0.5) is 0 Å². The van der Waals surface area contributed by atoms with Crippen LogP contribution in [0.2, 0.25) is 0 Å². The standard InChI is InChI=1S/C21H21NO2/c1-4-19(24-21-14-22-10-7-16(21)8-11-22)5-2-15(1)17-3-6-20-18(13-17)9-12-23-20/h1-6,9,12-13,16,21H,7-8,10-11,14H2. The van der Waals surface area contributed by atoms with E-state index in [1.807, 2.05) is 12.1 Å². The highest BCUT2D eigenvalue weighted by Crippen LogP contribution is 2.32. The zero-order valence-electron chi connectivity index (χ0n) is 13.7. The number of fused-ring (bicyclic) bond motifs is 4. The highest BCUT2D eigenvalue weighted by Gasteiger charge is 2.35. The van der Waals surface area contributed by atoms with Gasteiger partial charge in [-0.15, -0.1) is 0 Å². The van der Waals surface area contributed by atoms with E-state index in [0.717, 1.165) is 29.2 Å². The Balaban J connectivity index is 1.35. The molecule has 3 saturated heterocycles. The minimum absolute atomic E-state index is 0.362. The van der Waals surface area contributed by atoms with Crippen LogP contribution in [0.5, 0.6) is 5.75 Å². The third kappa shape index (κ3) is 2.49. The summed E-state index contributed by atoms with van der Waals surface area (Å²) < 4.78 is 11.7. The van der Waals surface area contributed by atoms with Crippen LogP contribution in [-0.4, -0.2) is 30.6 Å². The van der Waals surface area contributed by atoms with E-state index in [2.05, 4.69) is 41.3 Å². The maximum Gasteiger partial charge on any atom is 0.133 e. The topological polar surface area (TPSA) is 25.6 Å². The minimum atomic E-state index is 0.362. The summed E-state index contributed by atoms with van der Waals surface area (Å²) in [5, 5.41) is 1.14. The van der Waals surface area contributed by atoms with Crippen LogP contribution in [0.15, 0.2) is 59.2 Å². The number of piperidine rings is 3. The Morgan fingerprint density at radius 3 is 2.46 bits per heavy atom. The molecule has 3 aliphatic rings. The second kappa shape index (κ2) is 5.67. The van der Waals surface area contributed by atoms with Crippen molar-refractivity contribution in [2.75, 3.05) is 19.6 Å². The molecule has 2 aromatic carbocycles. The fourth-order valence-electron chi connectivity index (χ4n) is 4.09. The molecule has 0 N–H and O–H groups in total. The molecule has 4 heterocycles. The first-order valence-corrected chi connectivity index (χ1v) is 8.82. The Morgan fingerprint density at radius 2 is 1.71 bits per heavy atom. The first kappa shape index (κ1) is 14.1.